The first-order valence-electron chi connectivity index (χ1n) is 7.87. The van der Waals surface area contributed by atoms with Crippen LogP contribution < -0.4 is 20.1 Å². The average Bonchev–Trinajstić information content (AvgIpc) is 3.31. The fourth-order valence-corrected chi connectivity index (χ4v) is 3.51. The van der Waals surface area contributed by atoms with Gasteiger partial charge in [0.25, 0.3) is 0 Å². The van der Waals surface area contributed by atoms with Crippen LogP contribution in [0.3, 0.4) is 0 Å². The van der Waals surface area contributed by atoms with Crippen LogP contribution >= 0.6 is 35.3 Å². The number of thiazole rings is 1. The van der Waals surface area contributed by atoms with Crippen molar-refractivity contribution in [3.8, 4) is 11.5 Å². The Kier molecular flexibility index (Phi) is 5.84. The normalized spacial score (nSPS) is 16.7. The number of guanidine groups is 1. The van der Waals surface area contributed by atoms with Crippen molar-refractivity contribution in [2.45, 2.75) is 6.54 Å². The van der Waals surface area contributed by atoms with Gasteiger partial charge in [0.1, 0.15) is 0 Å². The van der Waals surface area contributed by atoms with E-state index in [4.69, 9.17) is 15.2 Å². The lowest BCUT2D eigenvalue weighted by Gasteiger charge is -2.35. The molecule has 0 aliphatic carbocycles. The number of hydrogen-bond acceptors (Lipinski definition) is 6. The van der Waals surface area contributed by atoms with Gasteiger partial charge in [-0.1, -0.05) is 6.07 Å². The van der Waals surface area contributed by atoms with Crippen molar-refractivity contribution in [1.82, 2.24) is 9.88 Å². The van der Waals surface area contributed by atoms with Gasteiger partial charge in [-0.15, -0.1) is 35.3 Å². The van der Waals surface area contributed by atoms with Crippen LogP contribution in [0.5, 0.6) is 11.5 Å². The molecule has 0 spiro atoms. The van der Waals surface area contributed by atoms with Gasteiger partial charge in [-0.2, -0.15) is 0 Å². The van der Waals surface area contributed by atoms with Crippen molar-refractivity contribution < 1.29 is 9.47 Å². The highest BCUT2D eigenvalue weighted by Gasteiger charge is 2.20. The first kappa shape index (κ1) is 18.1. The van der Waals surface area contributed by atoms with E-state index in [1.54, 1.807) is 11.3 Å². The molecule has 2 aliphatic rings. The van der Waals surface area contributed by atoms with E-state index in [-0.39, 0.29) is 30.8 Å². The topological polar surface area (TPSA) is 76.2 Å². The van der Waals surface area contributed by atoms with Crippen molar-refractivity contribution in [3.63, 3.8) is 0 Å². The first-order valence-corrected chi connectivity index (χ1v) is 8.75. The number of fused-ring (bicyclic) bond motifs is 1. The summed E-state index contributed by atoms with van der Waals surface area (Å²) in [7, 11) is 0. The van der Waals surface area contributed by atoms with Crippen LogP contribution in [-0.2, 0) is 6.54 Å². The minimum absolute atomic E-state index is 0. The van der Waals surface area contributed by atoms with E-state index in [2.05, 4.69) is 19.8 Å². The molecule has 1 aromatic heterocycles. The zero-order valence-electron chi connectivity index (χ0n) is 13.6. The number of benzene rings is 1. The number of anilines is 1. The molecule has 9 heteroatoms. The molecule has 0 saturated carbocycles. The zero-order chi connectivity index (χ0) is 16.4. The number of hydrogen-bond donors (Lipinski definition) is 1. The Morgan fingerprint density at radius 1 is 1.20 bits per heavy atom. The predicted octanol–water partition coefficient (Wildman–Crippen LogP) is 2.13. The van der Waals surface area contributed by atoms with Crippen LogP contribution in [0.1, 0.15) is 5.56 Å². The minimum Gasteiger partial charge on any atom is -0.454 e. The molecule has 7 nitrogen and oxygen atoms in total. The number of rotatable bonds is 3. The minimum atomic E-state index is 0. The molecule has 0 unspecified atom stereocenters. The molecular formula is C16H20IN5O2S. The van der Waals surface area contributed by atoms with Gasteiger partial charge in [0, 0.05) is 37.8 Å². The van der Waals surface area contributed by atoms with Gasteiger partial charge in [-0.25, -0.2) is 9.98 Å². The lowest BCUT2D eigenvalue weighted by atomic mass is 10.2. The third-order valence-corrected chi connectivity index (χ3v) is 4.99. The Labute approximate surface area is 167 Å². The molecular weight excluding hydrogens is 453 g/mol. The van der Waals surface area contributed by atoms with E-state index in [0.717, 1.165) is 48.4 Å². The lowest BCUT2D eigenvalue weighted by molar-refractivity contribution is 0.174. The Hall–Kier alpha value is -1.75. The molecule has 1 aromatic carbocycles. The fourth-order valence-electron chi connectivity index (χ4n) is 2.81. The Morgan fingerprint density at radius 2 is 2.00 bits per heavy atom. The SMILES string of the molecule is I.NC(=NCc1ccc2c(c1)OCO2)N1CCN(c2nccs2)CC1. The van der Waals surface area contributed by atoms with Crippen molar-refractivity contribution in [2.75, 3.05) is 37.9 Å². The third kappa shape index (κ3) is 4.09. The first-order chi connectivity index (χ1) is 11.8. The Balaban J connectivity index is 0.00000182. The molecule has 4 rings (SSSR count). The van der Waals surface area contributed by atoms with Crippen LogP contribution in [-0.4, -0.2) is 48.8 Å². The van der Waals surface area contributed by atoms with E-state index in [1.807, 2.05) is 29.8 Å². The molecule has 0 atom stereocenters. The van der Waals surface area contributed by atoms with Gasteiger partial charge in [0.2, 0.25) is 6.79 Å². The Bertz CT molecular complexity index is 732. The van der Waals surface area contributed by atoms with Crippen molar-refractivity contribution in [1.29, 1.82) is 0 Å². The second kappa shape index (κ2) is 8.09. The predicted molar refractivity (Wildman–Crippen MR) is 109 cm³/mol. The van der Waals surface area contributed by atoms with E-state index < -0.39 is 0 Å². The van der Waals surface area contributed by atoms with Gasteiger partial charge < -0.3 is 25.0 Å². The summed E-state index contributed by atoms with van der Waals surface area (Å²) in [5.41, 5.74) is 7.22. The number of aromatic nitrogens is 1. The summed E-state index contributed by atoms with van der Waals surface area (Å²) >= 11 is 1.67. The summed E-state index contributed by atoms with van der Waals surface area (Å²) < 4.78 is 10.7. The van der Waals surface area contributed by atoms with Gasteiger partial charge >= 0.3 is 0 Å². The monoisotopic (exact) mass is 473 g/mol. The molecule has 134 valence electrons. The van der Waals surface area contributed by atoms with E-state index in [1.165, 1.54) is 0 Å². The highest BCUT2D eigenvalue weighted by atomic mass is 127. The summed E-state index contributed by atoms with van der Waals surface area (Å²) in [5.74, 6) is 2.15. The standard InChI is InChI=1S/C16H19N5O2S.HI/c17-15(19-10-12-1-2-13-14(9-12)23-11-22-13)20-4-6-21(7-5-20)16-18-3-8-24-16;/h1-3,8-9H,4-7,10-11H2,(H2,17,19);1H. The quantitative estimate of drug-likeness (QED) is 0.418. The number of piperazine rings is 1. The third-order valence-electron chi connectivity index (χ3n) is 4.15. The molecule has 2 aliphatic heterocycles. The van der Waals surface area contributed by atoms with E-state index in [0.29, 0.717) is 12.5 Å². The zero-order valence-corrected chi connectivity index (χ0v) is 16.8. The average molecular weight is 473 g/mol. The highest BCUT2D eigenvalue weighted by molar-refractivity contribution is 14.0. The lowest BCUT2D eigenvalue weighted by Crippen LogP contribution is -2.51. The Morgan fingerprint density at radius 3 is 2.76 bits per heavy atom. The molecule has 0 bridgehead atoms. The summed E-state index contributed by atoms with van der Waals surface area (Å²) in [6.45, 7) is 4.36. The molecule has 0 radical (unpaired) electrons. The van der Waals surface area contributed by atoms with E-state index >= 15 is 0 Å². The summed E-state index contributed by atoms with van der Waals surface area (Å²) in [6, 6.07) is 5.86. The van der Waals surface area contributed by atoms with Crippen LogP contribution in [0.15, 0.2) is 34.8 Å². The highest BCUT2D eigenvalue weighted by Crippen LogP contribution is 2.32. The van der Waals surface area contributed by atoms with Crippen molar-refractivity contribution in [3.05, 3.63) is 35.3 Å². The van der Waals surface area contributed by atoms with Gasteiger partial charge in [-0.05, 0) is 17.7 Å². The largest absolute Gasteiger partial charge is 0.454 e. The number of aliphatic imine (C=N–C) groups is 1. The number of ether oxygens (including phenoxy) is 2. The van der Waals surface area contributed by atoms with Crippen LogP contribution in [0.25, 0.3) is 0 Å². The molecule has 25 heavy (non-hydrogen) atoms. The molecule has 2 aromatic rings. The second-order valence-electron chi connectivity index (χ2n) is 5.65. The number of nitrogens with zero attached hydrogens (tertiary/aromatic N) is 4. The molecule has 3 heterocycles. The van der Waals surface area contributed by atoms with Crippen molar-refractivity contribution in [2.24, 2.45) is 10.7 Å². The van der Waals surface area contributed by atoms with Crippen LogP contribution in [0.4, 0.5) is 5.13 Å². The molecule has 0 amide bonds. The van der Waals surface area contributed by atoms with Gasteiger partial charge in [0.15, 0.2) is 22.6 Å². The smallest absolute Gasteiger partial charge is 0.231 e. The summed E-state index contributed by atoms with van der Waals surface area (Å²) in [6.07, 6.45) is 1.84. The van der Waals surface area contributed by atoms with Crippen LogP contribution in [0.2, 0.25) is 0 Å². The van der Waals surface area contributed by atoms with Gasteiger partial charge in [-0.3, -0.25) is 0 Å². The molecule has 2 N–H and O–H groups in total. The molecule has 1 saturated heterocycles. The maximum absolute atomic E-state index is 6.16. The van der Waals surface area contributed by atoms with Crippen molar-refractivity contribution >= 4 is 46.4 Å². The summed E-state index contributed by atoms with van der Waals surface area (Å²) in [5, 5.41) is 3.08. The fraction of sp³-hybridized carbons (Fsp3) is 0.375. The maximum atomic E-state index is 6.16. The summed E-state index contributed by atoms with van der Waals surface area (Å²) in [4.78, 5) is 13.3. The van der Waals surface area contributed by atoms with Crippen LogP contribution in [0, 0.1) is 0 Å². The maximum Gasteiger partial charge on any atom is 0.231 e. The number of nitrogens with two attached hydrogens (primary N) is 1. The van der Waals surface area contributed by atoms with E-state index in [9.17, 15) is 0 Å². The second-order valence-corrected chi connectivity index (χ2v) is 6.52. The molecule has 1 fully saturated rings. The number of halogens is 1. The van der Waals surface area contributed by atoms with Gasteiger partial charge in [0.05, 0.1) is 6.54 Å².